The Bertz CT molecular complexity index is 785. The van der Waals surface area contributed by atoms with Crippen LogP contribution in [-0.2, 0) is 14.3 Å². The monoisotopic (exact) mass is 472 g/mol. The van der Waals surface area contributed by atoms with E-state index < -0.39 is 0 Å². The zero-order chi connectivity index (χ0) is 22.7. The average Bonchev–Trinajstić information content (AvgIpc) is 3.32. The van der Waals surface area contributed by atoms with Crippen molar-refractivity contribution in [3.05, 3.63) is 27.2 Å². The molecule has 1 aliphatic carbocycles. The van der Waals surface area contributed by atoms with Crippen molar-refractivity contribution in [3.8, 4) is 5.75 Å². The summed E-state index contributed by atoms with van der Waals surface area (Å²) in [5.74, 6) is 0.401. The number of methoxy groups -OCH3 is 2. The van der Waals surface area contributed by atoms with Gasteiger partial charge in [-0.25, -0.2) is 0 Å². The highest BCUT2D eigenvalue weighted by atomic mass is 35.5. The lowest BCUT2D eigenvalue weighted by Crippen LogP contribution is -2.59. The molecule has 1 heterocycles. The number of likely N-dealkylation sites (N-methyl/N-ethyl adjacent to an activating group) is 1. The topological polar surface area (TPSA) is 51.2 Å². The second-order valence-electron chi connectivity index (χ2n) is 8.64. The average molecular weight is 473 g/mol. The normalized spacial score (nSPS) is 26.8. The fraction of sp³-hybridized carbons (Fsp3) is 0.696. The molecule has 174 valence electrons. The molecule has 1 aromatic rings. The van der Waals surface area contributed by atoms with Gasteiger partial charge in [-0.05, 0) is 69.8 Å². The highest BCUT2D eigenvalue weighted by molar-refractivity contribution is 6.37. The summed E-state index contributed by atoms with van der Waals surface area (Å²) in [5.41, 5.74) is 1.63. The second kappa shape index (κ2) is 10.7. The molecule has 3 rings (SSSR count). The Hall–Kier alpha value is -1.05. The Balaban J connectivity index is 1.72. The van der Waals surface area contributed by atoms with Crippen LogP contribution in [0.3, 0.4) is 0 Å². The molecule has 31 heavy (non-hydrogen) atoms. The molecule has 2 aliphatic rings. The number of hydrogen-bond acceptors (Lipinski definition) is 5. The van der Waals surface area contributed by atoms with Crippen LogP contribution < -0.4 is 4.74 Å². The minimum absolute atomic E-state index is 0.0328. The summed E-state index contributed by atoms with van der Waals surface area (Å²) in [6.45, 7) is 5.79. The van der Waals surface area contributed by atoms with Gasteiger partial charge in [0, 0.05) is 38.4 Å². The van der Waals surface area contributed by atoms with E-state index in [2.05, 4.69) is 4.90 Å². The van der Waals surface area contributed by atoms with Crippen LogP contribution in [-0.4, -0.2) is 81.0 Å². The first-order chi connectivity index (χ1) is 14.8. The number of carbonyl (C=O) groups excluding carboxylic acids is 1. The maximum Gasteiger partial charge on any atom is 0.260 e. The van der Waals surface area contributed by atoms with E-state index in [-0.39, 0.29) is 36.8 Å². The van der Waals surface area contributed by atoms with Gasteiger partial charge in [0.1, 0.15) is 5.75 Å². The SMILES string of the molecule is COC1CC(N2CCCC2)C(N(C)C(=O)COc2cc(C)c(Cl)c(C)c2Cl)CC1OC. The lowest BCUT2D eigenvalue weighted by Gasteiger charge is -2.47. The third-order valence-corrected chi connectivity index (χ3v) is 7.88. The first-order valence-electron chi connectivity index (χ1n) is 10.9. The third kappa shape index (κ3) is 5.31. The molecule has 1 aromatic carbocycles. The van der Waals surface area contributed by atoms with E-state index in [9.17, 15) is 4.79 Å². The Morgan fingerprint density at radius 2 is 1.71 bits per heavy atom. The van der Waals surface area contributed by atoms with Gasteiger partial charge in [-0.2, -0.15) is 0 Å². The lowest BCUT2D eigenvalue weighted by molar-refractivity contribution is -0.142. The minimum Gasteiger partial charge on any atom is -0.482 e. The summed E-state index contributed by atoms with van der Waals surface area (Å²) in [6.07, 6.45) is 3.97. The maximum absolute atomic E-state index is 13.1. The first-order valence-corrected chi connectivity index (χ1v) is 11.7. The van der Waals surface area contributed by atoms with E-state index in [1.165, 1.54) is 12.8 Å². The van der Waals surface area contributed by atoms with E-state index >= 15 is 0 Å². The number of amides is 1. The molecule has 0 aromatic heterocycles. The highest BCUT2D eigenvalue weighted by Crippen LogP contribution is 2.36. The van der Waals surface area contributed by atoms with Gasteiger partial charge in [-0.1, -0.05) is 23.2 Å². The zero-order valence-electron chi connectivity index (χ0n) is 19.1. The van der Waals surface area contributed by atoms with Crippen molar-refractivity contribution >= 4 is 29.1 Å². The molecule has 0 N–H and O–H groups in total. The quantitative estimate of drug-likeness (QED) is 0.597. The van der Waals surface area contributed by atoms with Crippen LogP contribution in [0.25, 0.3) is 0 Å². The summed E-state index contributed by atoms with van der Waals surface area (Å²) in [4.78, 5) is 17.4. The van der Waals surface area contributed by atoms with Gasteiger partial charge in [0.2, 0.25) is 0 Å². The first kappa shape index (κ1) is 24.6. The van der Waals surface area contributed by atoms with Crippen molar-refractivity contribution in [2.45, 2.75) is 63.8 Å². The molecule has 1 amide bonds. The molecule has 1 saturated carbocycles. The van der Waals surface area contributed by atoms with E-state index in [0.717, 1.165) is 37.1 Å². The Labute approximate surface area is 195 Å². The van der Waals surface area contributed by atoms with Crippen LogP contribution >= 0.6 is 23.2 Å². The third-order valence-electron chi connectivity index (χ3n) is 6.83. The van der Waals surface area contributed by atoms with Crippen LogP contribution in [0.2, 0.25) is 10.0 Å². The molecule has 1 saturated heterocycles. The number of likely N-dealkylation sites (tertiary alicyclic amines) is 1. The summed E-state index contributed by atoms with van der Waals surface area (Å²) in [6, 6.07) is 2.06. The smallest absolute Gasteiger partial charge is 0.260 e. The van der Waals surface area contributed by atoms with Gasteiger partial charge in [-0.15, -0.1) is 0 Å². The Kier molecular flexibility index (Phi) is 8.50. The molecular formula is C23H34Cl2N2O4. The van der Waals surface area contributed by atoms with Crippen LogP contribution in [0.15, 0.2) is 6.07 Å². The van der Waals surface area contributed by atoms with Crippen LogP contribution in [0.1, 0.15) is 36.8 Å². The van der Waals surface area contributed by atoms with Crippen molar-refractivity contribution in [2.75, 3.05) is 41.0 Å². The number of benzene rings is 1. The van der Waals surface area contributed by atoms with Crippen molar-refractivity contribution in [3.63, 3.8) is 0 Å². The number of hydrogen-bond donors (Lipinski definition) is 0. The van der Waals surface area contributed by atoms with Crippen LogP contribution in [0, 0.1) is 13.8 Å². The molecule has 8 heteroatoms. The van der Waals surface area contributed by atoms with E-state index in [0.29, 0.717) is 15.8 Å². The van der Waals surface area contributed by atoms with Gasteiger partial charge >= 0.3 is 0 Å². The Morgan fingerprint density at radius 3 is 2.32 bits per heavy atom. The van der Waals surface area contributed by atoms with E-state index in [4.69, 9.17) is 37.4 Å². The zero-order valence-corrected chi connectivity index (χ0v) is 20.6. The molecule has 4 atom stereocenters. The van der Waals surface area contributed by atoms with Gasteiger partial charge in [0.05, 0.1) is 17.2 Å². The van der Waals surface area contributed by atoms with Gasteiger partial charge in [0.15, 0.2) is 6.61 Å². The van der Waals surface area contributed by atoms with Crippen LogP contribution in [0.5, 0.6) is 5.75 Å². The molecule has 1 aliphatic heterocycles. The standard InChI is InChI=1S/C23H34Cl2N2O4/c1-14-10-20(23(25)15(2)22(14)24)31-13-21(28)26(3)16-11-18(29-4)19(30-5)12-17(16)27-8-6-7-9-27/h10,16-19H,6-9,11-13H2,1-5H3. The molecular weight excluding hydrogens is 439 g/mol. The molecule has 2 fully saturated rings. The van der Waals surface area contributed by atoms with Crippen molar-refractivity contribution in [2.24, 2.45) is 0 Å². The van der Waals surface area contributed by atoms with Gasteiger partial charge in [-0.3, -0.25) is 9.69 Å². The lowest BCUT2D eigenvalue weighted by atomic mass is 9.84. The maximum atomic E-state index is 13.1. The number of carbonyl (C=O) groups is 1. The number of halogens is 2. The largest absolute Gasteiger partial charge is 0.482 e. The highest BCUT2D eigenvalue weighted by Gasteiger charge is 2.43. The molecule has 0 spiro atoms. The fourth-order valence-electron chi connectivity index (χ4n) is 4.90. The number of aryl methyl sites for hydroxylation is 1. The fourth-order valence-corrected chi connectivity index (χ4v) is 5.30. The molecule has 0 bridgehead atoms. The Morgan fingerprint density at radius 1 is 1.10 bits per heavy atom. The van der Waals surface area contributed by atoms with Gasteiger partial charge in [0.25, 0.3) is 5.91 Å². The summed E-state index contributed by atoms with van der Waals surface area (Å²) >= 11 is 12.6. The second-order valence-corrected chi connectivity index (χ2v) is 9.39. The predicted molar refractivity (Wildman–Crippen MR) is 123 cm³/mol. The van der Waals surface area contributed by atoms with Crippen molar-refractivity contribution in [1.29, 1.82) is 0 Å². The summed E-state index contributed by atoms with van der Waals surface area (Å²) < 4.78 is 17.3. The minimum atomic E-state index is -0.0822. The van der Waals surface area contributed by atoms with Gasteiger partial charge < -0.3 is 19.1 Å². The van der Waals surface area contributed by atoms with Crippen LogP contribution in [0.4, 0.5) is 0 Å². The molecule has 4 unspecified atom stereocenters. The number of ether oxygens (including phenoxy) is 3. The summed E-state index contributed by atoms with van der Waals surface area (Å²) in [7, 11) is 5.31. The number of nitrogens with zero attached hydrogens (tertiary/aromatic N) is 2. The molecule has 0 radical (unpaired) electrons. The van der Waals surface area contributed by atoms with E-state index in [1.54, 1.807) is 20.3 Å². The van der Waals surface area contributed by atoms with Crippen molar-refractivity contribution in [1.82, 2.24) is 9.80 Å². The predicted octanol–water partition coefficient (Wildman–Crippen LogP) is 4.10. The molecule has 6 nitrogen and oxygen atoms in total. The van der Waals surface area contributed by atoms with Crippen molar-refractivity contribution < 1.29 is 19.0 Å². The number of rotatable bonds is 7. The summed E-state index contributed by atoms with van der Waals surface area (Å²) in [5, 5.41) is 1.07. The van der Waals surface area contributed by atoms with E-state index in [1.807, 2.05) is 25.8 Å².